The molecule has 122 valence electrons. The number of hydrogen-bond acceptors (Lipinski definition) is 4. The molecule has 0 aromatic carbocycles. The van der Waals surface area contributed by atoms with Gasteiger partial charge in [-0.15, -0.1) is 0 Å². The Morgan fingerprint density at radius 2 is 2.14 bits per heavy atom. The first kappa shape index (κ1) is 16.7. The topological polar surface area (TPSA) is 82.8 Å². The number of likely N-dealkylation sites (tertiary alicyclic amines) is 1. The van der Waals surface area contributed by atoms with Gasteiger partial charge in [0.05, 0.1) is 6.10 Å². The van der Waals surface area contributed by atoms with Gasteiger partial charge in [0, 0.05) is 38.4 Å². The van der Waals surface area contributed by atoms with Crippen LogP contribution in [-0.2, 0) is 13.5 Å². The maximum absolute atomic E-state index is 12.6. The number of aliphatic hydroxyl groups is 2. The van der Waals surface area contributed by atoms with Gasteiger partial charge in [0.2, 0.25) is 0 Å². The molecule has 0 aliphatic carbocycles. The van der Waals surface area contributed by atoms with E-state index in [9.17, 15) is 14.7 Å². The highest BCUT2D eigenvalue weighted by atomic mass is 16.3. The van der Waals surface area contributed by atoms with Crippen LogP contribution < -0.4 is 5.56 Å². The molecule has 1 aromatic heterocycles. The minimum absolute atomic E-state index is 0.0880. The molecular weight excluding hydrogens is 284 g/mol. The summed E-state index contributed by atoms with van der Waals surface area (Å²) in [6.07, 6.45) is 0.519. The van der Waals surface area contributed by atoms with Gasteiger partial charge < -0.3 is 19.7 Å². The predicted molar refractivity (Wildman–Crippen MR) is 82.9 cm³/mol. The van der Waals surface area contributed by atoms with Crippen LogP contribution in [0.5, 0.6) is 0 Å². The van der Waals surface area contributed by atoms with Crippen molar-refractivity contribution in [3.8, 4) is 0 Å². The number of amides is 1. The second kappa shape index (κ2) is 6.62. The summed E-state index contributed by atoms with van der Waals surface area (Å²) in [5.74, 6) is -0.544. The van der Waals surface area contributed by atoms with E-state index in [0.29, 0.717) is 13.0 Å². The molecule has 0 bridgehead atoms. The molecule has 0 unspecified atom stereocenters. The lowest BCUT2D eigenvalue weighted by molar-refractivity contribution is 0.000783. The fourth-order valence-corrected chi connectivity index (χ4v) is 3.15. The number of hydrogen-bond donors (Lipinski definition) is 2. The zero-order valence-corrected chi connectivity index (χ0v) is 13.4. The quantitative estimate of drug-likeness (QED) is 0.828. The number of pyridine rings is 1. The van der Waals surface area contributed by atoms with Crippen molar-refractivity contribution in [2.75, 3.05) is 19.7 Å². The van der Waals surface area contributed by atoms with Crippen LogP contribution in [0.25, 0.3) is 0 Å². The highest BCUT2D eigenvalue weighted by molar-refractivity contribution is 5.94. The lowest BCUT2D eigenvalue weighted by Crippen LogP contribution is -2.48. The number of carbonyl (C=O) groups is 1. The fourth-order valence-electron chi connectivity index (χ4n) is 3.15. The Labute approximate surface area is 130 Å². The molecule has 1 aliphatic rings. The molecule has 22 heavy (non-hydrogen) atoms. The van der Waals surface area contributed by atoms with Crippen molar-refractivity contribution >= 4 is 5.91 Å². The first-order chi connectivity index (χ1) is 10.4. The van der Waals surface area contributed by atoms with Crippen LogP contribution in [0.1, 0.15) is 35.0 Å². The van der Waals surface area contributed by atoms with E-state index in [-0.39, 0.29) is 36.1 Å². The van der Waals surface area contributed by atoms with Crippen LogP contribution in [0, 0.1) is 12.8 Å². The summed E-state index contributed by atoms with van der Waals surface area (Å²) in [7, 11) is 1.68. The Morgan fingerprint density at radius 1 is 1.45 bits per heavy atom. The lowest BCUT2D eigenvalue weighted by atomic mass is 9.94. The average Bonchev–Trinajstić information content (AvgIpc) is 2.50. The van der Waals surface area contributed by atoms with Crippen molar-refractivity contribution in [3.63, 3.8) is 0 Å². The fraction of sp³-hybridized carbons (Fsp3) is 0.625. The summed E-state index contributed by atoms with van der Waals surface area (Å²) < 4.78 is 1.53. The second-order valence-corrected chi connectivity index (χ2v) is 5.96. The van der Waals surface area contributed by atoms with E-state index in [1.54, 1.807) is 13.1 Å². The summed E-state index contributed by atoms with van der Waals surface area (Å²) in [5, 5.41) is 19.1. The number of β-amino-alcohol motifs (C(OH)–C–C–N with tert-alkyl or cyclic N) is 1. The van der Waals surface area contributed by atoms with Crippen LogP contribution in [0.3, 0.4) is 0 Å². The molecule has 0 radical (unpaired) electrons. The van der Waals surface area contributed by atoms with Gasteiger partial charge in [-0.3, -0.25) is 9.59 Å². The van der Waals surface area contributed by atoms with Crippen molar-refractivity contribution in [1.29, 1.82) is 0 Å². The molecule has 6 heteroatoms. The zero-order valence-electron chi connectivity index (χ0n) is 13.4. The third-order valence-corrected chi connectivity index (χ3v) is 4.56. The molecule has 1 saturated heterocycles. The number of piperidine rings is 1. The minimum atomic E-state index is -0.748. The van der Waals surface area contributed by atoms with E-state index >= 15 is 0 Å². The van der Waals surface area contributed by atoms with Crippen LogP contribution >= 0.6 is 0 Å². The summed E-state index contributed by atoms with van der Waals surface area (Å²) in [5.41, 5.74) is 1.68. The van der Waals surface area contributed by atoms with Gasteiger partial charge in [0.15, 0.2) is 0 Å². The van der Waals surface area contributed by atoms with Crippen LogP contribution in [0.4, 0.5) is 0 Å². The number of aliphatic hydroxyl groups excluding tert-OH is 2. The van der Waals surface area contributed by atoms with E-state index in [2.05, 4.69) is 0 Å². The minimum Gasteiger partial charge on any atom is -0.396 e. The Morgan fingerprint density at radius 3 is 2.68 bits per heavy atom. The van der Waals surface area contributed by atoms with E-state index in [1.807, 2.05) is 13.8 Å². The molecule has 2 atom stereocenters. The second-order valence-electron chi connectivity index (χ2n) is 5.96. The molecule has 1 fully saturated rings. The third-order valence-electron chi connectivity index (χ3n) is 4.56. The number of nitrogens with zero attached hydrogens (tertiary/aromatic N) is 2. The average molecular weight is 308 g/mol. The lowest BCUT2D eigenvalue weighted by Gasteiger charge is -2.35. The number of aromatic nitrogens is 1. The molecule has 2 heterocycles. The molecular formula is C16H24N2O4. The third kappa shape index (κ3) is 2.94. The van der Waals surface area contributed by atoms with Crippen molar-refractivity contribution in [1.82, 2.24) is 9.47 Å². The van der Waals surface area contributed by atoms with Gasteiger partial charge >= 0.3 is 0 Å². The zero-order chi connectivity index (χ0) is 16.4. The first-order valence-electron chi connectivity index (χ1n) is 7.68. The maximum atomic E-state index is 12.6. The van der Waals surface area contributed by atoms with Gasteiger partial charge in [0.1, 0.15) is 5.56 Å². The molecule has 1 aliphatic heterocycles. The van der Waals surface area contributed by atoms with Crippen molar-refractivity contribution in [3.05, 3.63) is 33.2 Å². The van der Waals surface area contributed by atoms with Crippen molar-refractivity contribution in [2.24, 2.45) is 13.0 Å². The Balaban J connectivity index is 2.30. The van der Waals surface area contributed by atoms with Gasteiger partial charge in [-0.1, -0.05) is 6.92 Å². The molecule has 1 amide bonds. The normalized spacial score (nSPS) is 22.0. The summed E-state index contributed by atoms with van der Waals surface area (Å²) >= 11 is 0. The molecule has 0 spiro atoms. The van der Waals surface area contributed by atoms with Crippen LogP contribution in [0.15, 0.2) is 10.9 Å². The smallest absolute Gasteiger partial charge is 0.263 e. The van der Waals surface area contributed by atoms with Gasteiger partial charge in [0.25, 0.3) is 11.5 Å². The first-order valence-corrected chi connectivity index (χ1v) is 7.68. The van der Waals surface area contributed by atoms with E-state index < -0.39 is 6.10 Å². The monoisotopic (exact) mass is 308 g/mol. The van der Waals surface area contributed by atoms with Crippen LogP contribution in [-0.4, -0.2) is 51.4 Å². The van der Waals surface area contributed by atoms with E-state index in [4.69, 9.17) is 5.11 Å². The highest BCUT2D eigenvalue weighted by Crippen LogP contribution is 2.19. The molecule has 2 rings (SSSR count). The number of rotatable bonds is 3. The Kier molecular flexibility index (Phi) is 5.03. The van der Waals surface area contributed by atoms with E-state index in [1.165, 1.54) is 9.47 Å². The molecule has 6 nitrogen and oxygen atoms in total. The molecule has 1 aromatic rings. The SMILES string of the molecule is CCc1c(C)cc(C(=O)N2CC[C@H](CO)[C@@H](O)C2)c(=O)n1C. The van der Waals surface area contributed by atoms with Crippen LogP contribution in [0.2, 0.25) is 0 Å². The van der Waals surface area contributed by atoms with Gasteiger partial charge in [-0.05, 0) is 31.4 Å². The van der Waals surface area contributed by atoms with E-state index in [0.717, 1.165) is 17.7 Å². The molecule has 2 N–H and O–H groups in total. The highest BCUT2D eigenvalue weighted by Gasteiger charge is 2.31. The molecule has 0 saturated carbocycles. The summed E-state index contributed by atoms with van der Waals surface area (Å²) in [4.78, 5) is 26.5. The summed E-state index contributed by atoms with van der Waals surface area (Å²) in [6.45, 7) is 4.37. The summed E-state index contributed by atoms with van der Waals surface area (Å²) in [6, 6.07) is 1.65. The number of carbonyl (C=O) groups excluding carboxylic acids is 1. The van der Waals surface area contributed by atoms with Gasteiger partial charge in [-0.2, -0.15) is 0 Å². The maximum Gasteiger partial charge on any atom is 0.263 e. The van der Waals surface area contributed by atoms with Crippen molar-refractivity contribution in [2.45, 2.75) is 32.8 Å². The van der Waals surface area contributed by atoms with Crippen molar-refractivity contribution < 1.29 is 15.0 Å². The standard InChI is InChI=1S/C16H24N2O4/c1-4-13-10(2)7-12(15(21)17(13)3)16(22)18-6-5-11(9-19)14(20)8-18/h7,11,14,19-20H,4-6,8-9H2,1-3H3/t11-,14+/m1/s1. The largest absolute Gasteiger partial charge is 0.396 e. The number of aryl methyl sites for hydroxylation is 1. The Bertz CT molecular complexity index is 623. The predicted octanol–water partition coefficient (Wildman–Crippen LogP) is 0.0714. The Hall–Kier alpha value is -1.66. The van der Waals surface area contributed by atoms with Gasteiger partial charge in [-0.25, -0.2) is 0 Å².